The molecular formula is C100H177N9O35PS3-9. The summed E-state index contributed by atoms with van der Waals surface area (Å²) in [6, 6.07) is 5.53. The molecular weight excluding hydrogens is 2010 g/mol. The lowest BCUT2D eigenvalue weighted by Crippen LogP contribution is -2.62. The Morgan fingerprint density at radius 3 is 0.804 bits per heavy atom. The summed E-state index contributed by atoms with van der Waals surface area (Å²) in [5, 5.41) is 156. The van der Waals surface area contributed by atoms with E-state index in [2.05, 4.69) is 12.9 Å². The number of esters is 2. The summed E-state index contributed by atoms with van der Waals surface area (Å²) in [5.41, 5.74) is -9.38. The Hall–Kier alpha value is -4.98. The highest BCUT2D eigenvalue weighted by Crippen LogP contribution is 2.51. The van der Waals surface area contributed by atoms with E-state index in [-0.39, 0.29) is 94.3 Å². The summed E-state index contributed by atoms with van der Waals surface area (Å²) in [4.78, 5) is 90.6. The van der Waals surface area contributed by atoms with Gasteiger partial charge in [0.25, 0.3) is 7.82 Å². The standard InChI is InChI=1S/C17H29NO5.C17H23NO5.C10H22NO5P.C10H19NO3.C10H19NO2S.2C9H19NO5S.C9H17NO3.C9H18NO2/c2*1-16(2)9-12(10-17(3,4)18(16)22)15(21)23-13-7-5-11(6-8-13)14(19)20;1-9(2)6-8(16-17(13,14)15-5)7-10(3,4)11(9)12;1-9(2)5-7(8(12)13)6-10(3,4)11(9)14;1-9(2)5-7(8(12)14)6-10(3,4)11(9)13;2*1-8(2)5-7(15-16(12,13)14)6-9(3,4)10(8)11;1-8(2)5-6(7(11)12)9(3,4)10(8)13;1-8(2)5-7(11)6-9(3,4)10(8)12/h11-13,22H,5-10H2,1-4H3,(H,19,20);5-8,12,22H,9-10H2,1-4H3,(H,19,20);8,12H,6-7H2,1-5H3,(H,13,14);7,14H,5-6H2,1-4H3,(H,12,13);7,13H,5-6H2,1-4H3,(H,12,14);2*7,11H,5-6H2,1-4H3,(H,12,13,14);6,13H,5H2,1-4H3,(H,11,12);7,12H,5-6H2,1-4H3/q;;;;;;;;-1/p-8. The SMILES string of the molecule is CC1(C)CC(C(=O)OC2CCC(C(=O)[O-])CC2)CC(C)(C)N1O.CC1(C)CC(C(=O)Oc2ccc(C(=O)[O-])cc2)CC(C)(C)N1O.CC1(C)CC(C(=O)[O-])C(C)(C)N1O.CC1(C)CC(C(=O)[O-])CC(C)(C)N1O.CC1(C)CC(C(=O)[S-])CC(C)(C)N1O.CC1(C)CC(OS(=O)(=O)[O-])CC(C)(C)N1O.CC1(C)CC(OS(=O)(=O)[O-])CC(C)(C)N1O.CC1(C)CC([O-])CC(C)(C)N1O.COP(=O)([O-])OC1CC(C)(C)N(O)C(C)(C)C1. The van der Waals surface area contributed by atoms with Crippen molar-refractivity contribution in [2.24, 2.45) is 35.5 Å². The van der Waals surface area contributed by atoms with E-state index < -0.39 is 172 Å². The minimum Gasteiger partial charge on any atom is -0.852 e. The molecule has 2 unspecified atom stereocenters. The summed E-state index contributed by atoms with van der Waals surface area (Å²) in [6.45, 7) is 66.4. The van der Waals surface area contributed by atoms with Gasteiger partial charge in [-0.2, -0.15) is 45.6 Å². The molecule has 10 aliphatic rings. The van der Waals surface area contributed by atoms with Crippen molar-refractivity contribution in [2.45, 2.75) is 514 Å². The Labute approximate surface area is 883 Å². The van der Waals surface area contributed by atoms with Gasteiger partial charge in [-0.05, 0) is 426 Å². The van der Waals surface area contributed by atoms with Gasteiger partial charge in [0, 0.05) is 142 Å². The second kappa shape index (κ2) is 49.4. The summed E-state index contributed by atoms with van der Waals surface area (Å²) < 4.78 is 104. The van der Waals surface area contributed by atoms with Crippen molar-refractivity contribution in [2.75, 3.05) is 7.11 Å². The quantitative estimate of drug-likeness (QED) is 0.0186. The van der Waals surface area contributed by atoms with Crippen molar-refractivity contribution in [1.29, 1.82) is 0 Å². The molecule has 48 heteroatoms. The second-order valence-electron chi connectivity index (χ2n) is 52.7. The molecule has 10 fully saturated rings. The Kier molecular flexibility index (Phi) is 45.8. The molecule has 1 saturated carbocycles. The number of carboxylic acids is 4. The first-order valence-electron chi connectivity index (χ1n) is 50.2. The first kappa shape index (κ1) is 137. The number of nitrogens with zero attached hydrogens (tertiary/aromatic N) is 9. The van der Waals surface area contributed by atoms with Gasteiger partial charge in [0.1, 0.15) is 11.9 Å². The summed E-state index contributed by atoms with van der Waals surface area (Å²) in [7, 11) is -12.5. The molecule has 9 aliphatic heterocycles. The van der Waals surface area contributed by atoms with Gasteiger partial charge in [-0.3, -0.25) is 22.5 Å². The van der Waals surface area contributed by atoms with Crippen LogP contribution in [0.25, 0.3) is 0 Å². The number of aromatic carboxylic acids is 1. The maximum atomic E-state index is 12.5. The van der Waals surface area contributed by atoms with E-state index in [1.165, 1.54) is 64.8 Å². The number of carboxylic acid groups (broad SMARTS) is 4. The number of ether oxygens (including phenoxy) is 2. The van der Waals surface area contributed by atoms with Crippen LogP contribution in [0.1, 0.15) is 394 Å². The molecule has 0 spiro atoms. The van der Waals surface area contributed by atoms with E-state index in [9.17, 15) is 141 Å². The Morgan fingerprint density at radius 2 is 0.574 bits per heavy atom. The van der Waals surface area contributed by atoms with Crippen LogP contribution in [-0.2, 0) is 88.9 Å². The molecule has 9 N–H and O–H groups in total. The minimum atomic E-state index is -4.69. The average molecular weight is 2190 g/mol. The predicted molar refractivity (Wildman–Crippen MR) is 530 cm³/mol. The maximum absolute atomic E-state index is 12.5. The number of piperidine rings is 8. The molecule has 11 rings (SSSR count). The number of phosphoric acid groups is 1. The number of aliphatic carboxylic acids is 3. The van der Waals surface area contributed by atoms with Crippen LogP contribution in [0, 0.1) is 35.5 Å². The van der Waals surface area contributed by atoms with Crippen LogP contribution in [0.4, 0.5) is 0 Å². The second-order valence-corrected chi connectivity index (χ2v) is 56.6. The fourth-order valence-corrected chi connectivity index (χ4v) is 25.6. The van der Waals surface area contributed by atoms with Gasteiger partial charge in [-0.25, -0.2) is 16.8 Å². The number of hydrogen-bond acceptors (Lipinski definition) is 45. The lowest BCUT2D eigenvalue weighted by Gasteiger charge is -2.53. The average Bonchev–Trinajstić information content (AvgIpc) is 1.60. The van der Waals surface area contributed by atoms with E-state index >= 15 is 0 Å². The van der Waals surface area contributed by atoms with E-state index in [1.807, 2.05) is 180 Å². The Bertz CT molecular complexity index is 4640. The number of carbonyl (C=O) groups excluding carboxylic acids is 7. The zero-order chi connectivity index (χ0) is 116. The number of benzene rings is 1. The molecule has 0 amide bonds. The first-order valence-corrected chi connectivity index (χ1v) is 54.7. The first-order chi connectivity index (χ1) is 65.7. The molecule has 9 saturated heterocycles. The smallest absolute Gasteiger partial charge is 0.314 e. The lowest BCUT2D eigenvalue weighted by atomic mass is 9.75. The molecule has 2 atom stereocenters. The largest absolute Gasteiger partial charge is 0.852 e. The molecule has 0 radical (unpaired) electrons. The van der Waals surface area contributed by atoms with Crippen LogP contribution in [0.2, 0.25) is 0 Å². The van der Waals surface area contributed by atoms with Crippen molar-refractivity contribution in [3.05, 3.63) is 29.8 Å². The van der Waals surface area contributed by atoms with Crippen LogP contribution in [0.5, 0.6) is 5.75 Å². The minimum absolute atomic E-state index is 0.0284. The fraction of sp³-hybridized carbons (Fsp3) is 0.870. The van der Waals surface area contributed by atoms with Gasteiger partial charge in [0.05, 0.1) is 36.1 Å². The monoisotopic (exact) mass is 2190 g/mol. The van der Waals surface area contributed by atoms with Crippen molar-refractivity contribution in [3.63, 3.8) is 0 Å². The normalized spacial score (nSPS) is 27.8. The maximum Gasteiger partial charge on any atom is 0.314 e. The van der Waals surface area contributed by atoms with Gasteiger partial charge < -0.3 is 142 Å². The zero-order valence-electron chi connectivity index (χ0n) is 94.3. The molecule has 44 nitrogen and oxygen atoms in total. The van der Waals surface area contributed by atoms with Crippen LogP contribution < -0.4 is 35.2 Å². The highest BCUT2D eigenvalue weighted by molar-refractivity contribution is 7.81. The molecule has 1 aromatic rings. The van der Waals surface area contributed by atoms with Gasteiger partial charge in [-0.15, -0.1) is 6.10 Å². The third-order valence-electron chi connectivity index (χ3n) is 29.9. The number of rotatable bonds is 16. The lowest BCUT2D eigenvalue weighted by molar-refractivity contribution is -0.448. The molecule has 9 heterocycles. The molecule has 1 aliphatic carbocycles. The molecule has 1 aromatic carbocycles. The number of carbonyl (C=O) groups is 7. The van der Waals surface area contributed by atoms with Gasteiger partial charge in [-0.1, -0.05) is 0 Å². The summed E-state index contributed by atoms with van der Waals surface area (Å²) in [5.74, 6) is -6.89. The van der Waals surface area contributed by atoms with Crippen LogP contribution in [0.3, 0.4) is 0 Å². The molecule has 0 aromatic heterocycles. The Balaban J connectivity index is 0.000000431. The molecule has 864 valence electrons. The van der Waals surface area contributed by atoms with Gasteiger partial charge >= 0.3 is 11.9 Å². The van der Waals surface area contributed by atoms with E-state index in [0.29, 0.717) is 115 Å². The van der Waals surface area contributed by atoms with Crippen LogP contribution >= 0.6 is 7.82 Å². The third-order valence-corrected chi connectivity index (χ3v) is 32.2. The topological polar surface area (TPSA) is 656 Å². The van der Waals surface area contributed by atoms with E-state index in [4.69, 9.17) is 26.6 Å². The summed E-state index contributed by atoms with van der Waals surface area (Å²) >= 11 is 4.70. The summed E-state index contributed by atoms with van der Waals surface area (Å²) in [6.07, 6.45) is 7.18. The fourth-order valence-electron chi connectivity index (χ4n) is 23.9. The Morgan fingerprint density at radius 1 is 0.331 bits per heavy atom. The van der Waals surface area contributed by atoms with Gasteiger partial charge in [0.2, 0.25) is 20.8 Å². The molecule has 148 heavy (non-hydrogen) atoms. The van der Waals surface area contributed by atoms with E-state index in [0.717, 1.165) is 12.2 Å². The third kappa shape index (κ3) is 38.5. The number of hydrogen-bond donors (Lipinski definition) is 9. The molecule has 0 bridgehead atoms. The van der Waals surface area contributed by atoms with E-state index in [1.54, 1.807) is 69.2 Å². The van der Waals surface area contributed by atoms with Crippen molar-refractivity contribution in [1.82, 2.24) is 45.6 Å². The predicted octanol–water partition coefficient (Wildman–Crippen LogP) is 9.26. The van der Waals surface area contributed by atoms with Crippen molar-refractivity contribution < 1.29 is 168 Å². The highest BCUT2D eigenvalue weighted by Gasteiger charge is 2.56. The number of phosphoric ester groups is 1. The van der Waals surface area contributed by atoms with Crippen molar-refractivity contribution >= 4 is 82.2 Å². The van der Waals surface area contributed by atoms with Gasteiger partial charge in [0.15, 0.2) is 0 Å². The zero-order valence-corrected chi connectivity index (χ0v) is 97.7. The van der Waals surface area contributed by atoms with Crippen molar-refractivity contribution in [3.8, 4) is 5.75 Å². The van der Waals surface area contributed by atoms with Crippen LogP contribution in [-0.4, -0.2) is 297 Å². The highest BCUT2D eigenvalue weighted by atomic mass is 32.3. The van der Waals surface area contributed by atoms with Crippen LogP contribution in [0.15, 0.2) is 24.3 Å². The number of hydroxylamine groups is 18.